The second-order valence-corrected chi connectivity index (χ2v) is 18.4. The molecule has 0 radical (unpaired) electrons. The van der Waals surface area contributed by atoms with E-state index in [0.29, 0.717) is 0 Å². The van der Waals surface area contributed by atoms with Crippen LogP contribution in [0.15, 0.2) is 307 Å². The molecule has 0 N–H and O–H groups in total. The molecule has 8 rings (SSSR count). The van der Waals surface area contributed by atoms with Gasteiger partial charge in [0, 0.05) is 4.91 Å². The first-order valence-electron chi connectivity index (χ1n) is 26.5. The van der Waals surface area contributed by atoms with Crippen molar-refractivity contribution in [3.63, 3.8) is 0 Å². The fourth-order valence-corrected chi connectivity index (χ4v) is 9.63. The fourth-order valence-electron chi connectivity index (χ4n) is 9.40. The van der Waals surface area contributed by atoms with Crippen molar-refractivity contribution in [2.24, 2.45) is 0 Å². The van der Waals surface area contributed by atoms with Crippen LogP contribution in [0.1, 0.15) is 73.9 Å². The zero-order valence-corrected chi connectivity index (χ0v) is 45.5. The smallest absolute Gasteiger partial charge is 0.0113 e. The van der Waals surface area contributed by atoms with Gasteiger partial charge in [-0.3, -0.25) is 0 Å². The molecule has 0 bridgehead atoms. The summed E-state index contributed by atoms with van der Waals surface area (Å²) in [5.41, 5.74) is 18.8. The van der Waals surface area contributed by atoms with Gasteiger partial charge in [0.1, 0.15) is 0 Å². The van der Waals surface area contributed by atoms with Gasteiger partial charge in [-0.1, -0.05) is 288 Å². The van der Waals surface area contributed by atoms with Gasteiger partial charge in [0.2, 0.25) is 0 Å². The number of benzene rings is 6. The molecule has 0 heterocycles. The van der Waals surface area contributed by atoms with Crippen LogP contribution in [0.2, 0.25) is 0 Å². The lowest BCUT2D eigenvalue weighted by Gasteiger charge is -2.21. The van der Waals surface area contributed by atoms with E-state index in [1.807, 2.05) is 63.3 Å². The monoisotopic (exact) mass is 1000 g/mol. The largest absolute Gasteiger partial charge is 0.143 e. The van der Waals surface area contributed by atoms with Crippen LogP contribution in [0.3, 0.4) is 0 Å². The van der Waals surface area contributed by atoms with Crippen molar-refractivity contribution in [1.82, 2.24) is 0 Å². The molecule has 0 fully saturated rings. The van der Waals surface area contributed by atoms with E-state index in [1.54, 1.807) is 0 Å². The summed E-state index contributed by atoms with van der Waals surface area (Å²) in [6.45, 7) is 15.9. The minimum absolute atomic E-state index is 0.754. The van der Waals surface area contributed by atoms with Gasteiger partial charge in [-0.25, -0.2) is 0 Å². The molecular formula is C75H70S. The molecule has 6 aromatic carbocycles. The van der Waals surface area contributed by atoms with Crippen LogP contribution in [-0.2, 0) is 6.42 Å². The SMILES string of the molecule is C=C\C=C/C(=C\C)C(=C\c1ccc(-c2c3c(c(-c4ccc(/C=C(/C5=CC=CCC=C5)c5ccccc5)cc4)c4ccccc24)CC=CC(/C(S)=C/C=C/C=C/C=C/C(=C/C=C)C/C=C\C)=C3)cc1)/c1ccccc1.CC. The minimum Gasteiger partial charge on any atom is -0.143 e. The molecule has 0 amide bonds. The van der Waals surface area contributed by atoms with Crippen molar-refractivity contribution in [2.45, 2.75) is 47.0 Å². The molecule has 1 heteroatoms. The lowest BCUT2D eigenvalue weighted by Crippen LogP contribution is -1.99. The van der Waals surface area contributed by atoms with Gasteiger partial charge >= 0.3 is 0 Å². The third-order valence-electron chi connectivity index (χ3n) is 13.0. The van der Waals surface area contributed by atoms with Crippen LogP contribution in [0.25, 0.3) is 62.4 Å². The lowest BCUT2D eigenvalue weighted by atomic mass is 9.82. The average Bonchev–Trinajstić information content (AvgIpc) is 3.89. The second kappa shape index (κ2) is 29.4. The number of thiol groups is 1. The molecule has 0 aliphatic heterocycles. The first-order valence-corrected chi connectivity index (χ1v) is 27.0. The molecule has 0 unspecified atom stereocenters. The number of fused-ring (bicyclic) bond motifs is 2. The number of hydrogen-bond acceptors (Lipinski definition) is 1. The summed E-state index contributed by atoms with van der Waals surface area (Å²) in [7, 11) is 0. The van der Waals surface area contributed by atoms with E-state index in [2.05, 4.69) is 263 Å². The van der Waals surface area contributed by atoms with E-state index in [1.165, 1.54) is 60.9 Å². The van der Waals surface area contributed by atoms with Crippen LogP contribution in [0.5, 0.6) is 0 Å². The first-order chi connectivity index (χ1) is 37.5. The van der Waals surface area contributed by atoms with Crippen LogP contribution in [0.4, 0.5) is 0 Å². The van der Waals surface area contributed by atoms with Crippen molar-refractivity contribution in [3.05, 3.63) is 341 Å². The Kier molecular flexibility index (Phi) is 21.4. The summed E-state index contributed by atoms with van der Waals surface area (Å²) in [6, 6.07) is 48.4. The summed E-state index contributed by atoms with van der Waals surface area (Å²) >= 11 is 5.15. The maximum atomic E-state index is 5.15. The molecule has 0 saturated heterocycles. The van der Waals surface area contributed by atoms with E-state index >= 15 is 0 Å². The summed E-state index contributed by atoms with van der Waals surface area (Å²) in [6.07, 6.45) is 55.7. The van der Waals surface area contributed by atoms with E-state index < -0.39 is 0 Å². The molecule has 0 aromatic heterocycles. The van der Waals surface area contributed by atoms with Crippen molar-refractivity contribution in [2.75, 3.05) is 0 Å². The molecular weight excluding hydrogens is 933 g/mol. The zero-order chi connectivity index (χ0) is 53.3. The molecule has 376 valence electrons. The van der Waals surface area contributed by atoms with Crippen LogP contribution in [0, 0.1) is 0 Å². The summed E-state index contributed by atoms with van der Waals surface area (Å²) in [5.74, 6) is 0. The quantitative estimate of drug-likeness (QED) is 0.0377. The highest BCUT2D eigenvalue weighted by Gasteiger charge is 2.22. The molecule has 2 aliphatic rings. The highest BCUT2D eigenvalue weighted by atomic mass is 32.1. The van der Waals surface area contributed by atoms with Gasteiger partial charge in [-0.05, 0) is 157 Å². The number of rotatable bonds is 18. The topological polar surface area (TPSA) is 0 Å². The van der Waals surface area contributed by atoms with Crippen molar-refractivity contribution < 1.29 is 0 Å². The minimum atomic E-state index is 0.754. The number of hydrogen-bond donors (Lipinski definition) is 1. The Morgan fingerprint density at radius 2 is 1.20 bits per heavy atom. The third kappa shape index (κ3) is 14.6. The Hall–Kier alpha value is -8.49. The summed E-state index contributed by atoms with van der Waals surface area (Å²) in [5, 5.41) is 2.43. The molecule has 0 spiro atoms. The van der Waals surface area contributed by atoms with Gasteiger partial charge < -0.3 is 0 Å². The standard InChI is InChI=1S/C73H64S.C2H6/c1-5-9-30-55(29-7-3)31-18-12-11-13-25-43-71(74)64-39-28-42-67-70(54-64)73(63-50-46-56(47-51-63)52-68(58(8-4)32-10-6-2)59-35-21-16-22-36-59)66-41-27-26-40-65(66)72(67)62-48-44-57(45-49-62)53-69(61-37-23-17-24-38-61)60-33-19-14-15-20-34-60;1-2/h5-14,16-29,31-41,43-54,74H,2-3,15,30,42H2,1,4H3;1-2H3/b9-5-,12-11+,25-13+,31-18+,32-10-,55-29+,58-8+,68-52+,69-53-,71-43-;. The molecule has 0 nitrogen and oxygen atoms in total. The normalized spacial score (nSPS) is 14.6. The van der Waals surface area contributed by atoms with Crippen molar-refractivity contribution >= 4 is 52.8 Å². The van der Waals surface area contributed by atoms with Crippen LogP contribution < -0.4 is 0 Å². The Morgan fingerprint density at radius 1 is 0.579 bits per heavy atom. The zero-order valence-electron chi connectivity index (χ0n) is 44.6. The van der Waals surface area contributed by atoms with E-state index in [-0.39, 0.29) is 0 Å². The summed E-state index contributed by atoms with van der Waals surface area (Å²) in [4.78, 5) is 0.885. The van der Waals surface area contributed by atoms with Crippen molar-refractivity contribution in [1.29, 1.82) is 0 Å². The Balaban J connectivity index is 0.00000415. The van der Waals surface area contributed by atoms with Crippen molar-refractivity contribution in [3.8, 4) is 22.3 Å². The molecule has 6 aromatic rings. The van der Waals surface area contributed by atoms with E-state index in [4.69, 9.17) is 12.6 Å². The Labute approximate surface area is 460 Å². The number of allylic oxidation sites excluding steroid dienone is 28. The first kappa shape index (κ1) is 55.3. The average molecular weight is 1000 g/mol. The van der Waals surface area contributed by atoms with Crippen LogP contribution in [-0.4, -0.2) is 0 Å². The molecule has 0 atom stereocenters. The van der Waals surface area contributed by atoms with Gasteiger partial charge in [0.15, 0.2) is 0 Å². The van der Waals surface area contributed by atoms with Gasteiger partial charge in [0.05, 0.1) is 0 Å². The Bertz CT molecular complexity index is 3440. The molecule has 0 saturated carbocycles. The lowest BCUT2D eigenvalue weighted by molar-refractivity contribution is 1.28. The van der Waals surface area contributed by atoms with Gasteiger partial charge in [-0.2, -0.15) is 0 Å². The highest BCUT2D eigenvalue weighted by Crippen LogP contribution is 2.45. The summed E-state index contributed by atoms with van der Waals surface area (Å²) < 4.78 is 0. The van der Waals surface area contributed by atoms with E-state index in [9.17, 15) is 0 Å². The second-order valence-electron chi connectivity index (χ2n) is 17.9. The maximum absolute atomic E-state index is 5.15. The highest BCUT2D eigenvalue weighted by molar-refractivity contribution is 7.84. The predicted octanol–water partition coefficient (Wildman–Crippen LogP) is 21.5. The third-order valence-corrected chi connectivity index (χ3v) is 13.4. The molecule has 2 aliphatic carbocycles. The molecule has 76 heavy (non-hydrogen) atoms. The maximum Gasteiger partial charge on any atom is 0.0113 e. The van der Waals surface area contributed by atoms with Gasteiger partial charge in [-0.15, -0.1) is 12.6 Å². The van der Waals surface area contributed by atoms with Gasteiger partial charge in [0.25, 0.3) is 0 Å². The predicted molar refractivity (Wildman–Crippen MR) is 342 cm³/mol. The Morgan fingerprint density at radius 3 is 1.87 bits per heavy atom. The van der Waals surface area contributed by atoms with E-state index in [0.717, 1.165) is 63.1 Å². The fraction of sp³-hybridized carbons (Fsp3) is 0.0933. The van der Waals surface area contributed by atoms with Crippen LogP contribution >= 0.6 is 12.6 Å².